The summed E-state index contributed by atoms with van der Waals surface area (Å²) in [6.45, 7) is 7.14. The second-order valence-electron chi connectivity index (χ2n) is 7.71. The number of ether oxygens (including phenoxy) is 1. The third-order valence-electron chi connectivity index (χ3n) is 5.44. The van der Waals surface area contributed by atoms with Crippen LogP contribution in [0.1, 0.15) is 62.6 Å². The van der Waals surface area contributed by atoms with Gasteiger partial charge in [0.2, 0.25) is 0 Å². The van der Waals surface area contributed by atoms with Crippen LogP contribution in [0.3, 0.4) is 0 Å². The van der Waals surface area contributed by atoms with Gasteiger partial charge in [0.25, 0.3) is 5.91 Å². The normalized spacial score (nSPS) is 16.1. The van der Waals surface area contributed by atoms with E-state index in [0.29, 0.717) is 45.4 Å². The fourth-order valence-electron chi connectivity index (χ4n) is 3.53. The minimum absolute atomic E-state index is 0.0494. The predicted octanol–water partition coefficient (Wildman–Crippen LogP) is 6.54. The Morgan fingerprint density at radius 2 is 1.94 bits per heavy atom. The number of rotatable bonds is 10. The number of hydrogen-bond acceptors (Lipinski definition) is 6. The van der Waals surface area contributed by atoms with E-state index in [2.05, 4.69) is 13.8 Å². The molecule has 3 rings (SSSR count). The van der Waals surface area contributed by atoms with Gasteiger partial charge in [-0.05, 0) is 43.5 Å². The predicted molar refractivity (Wildman–Crippen MR) is 133 cm³/mol. The molecule has 1 fully saturated rings. The first-order valence-electron chi connectivity index (χ1n) is 11.1. The van der Waals surface area contributed by atoms with Crippen LogP contribution in [-0.2, 0) is 9.53 Å². The van der Waals surface area contributed by atoms with Crippen LogP contribution in [0.5, 0.6) is 0 Å². The quantitative estimate of drug-likeness (QED) is 0.223. The molecular weight excluding hydrogens is 442 g/mol. The van der Waals surface area contributed by atoms with Crippen LogP contribution in [0.2, 0.25) is 0 Å². The van der Waals surface area contributed by atoms with Gasteiger partial charge in [-0.2, -0.15) is 0 Å². The highest BCUT2D eigenvalue weighted by Crippen LogP contribution is 2.35. The monoisotopic (exact) mass is 471 g/mol. The maximum Gasteiger partial charge on any atom is 0.338 e. The molecule has 0 N–H and O–H groups in total. The second-order valence-corrected chi connectivity index (χ2v) is 9.38. The first kappa shape index (κ1) is 24.3. The lowest BCUT2D eigenvalue weighted by atomic mass is 9.99. The molecule has 0 saturated carbocycles. The maximum absolute atomic E-state index is 12.9. The molecule has 1 aliphatic rings. The Bertz CT molecular complexity index is 994. The van der Waals surface area contributed by atoms with Crippen LogP contribution in [0, 0.1) is 5.92 Å². The van der Waals surface area contributed by atoms with Crippen LogP contribution in [0.25, 0.3) is 17.4 Å². The Hall–Kier alpha value is -2.38. The second kappa shape index (κ2) is 11.5. The van der Waals surface area contributed by atoms with Crippen molar-refractivity contribution in [3.8, 4) is 11.3 Å². The fraction of sp³-hybridized carbons (Fsp3) is 0.400. The lowest BCUT2D eigenvalue weighted by Crippen LogP contribution is -2.33. The van der Waals surface area contributed by atoms with Crippen molar-refractivity contribution in [3.63, 3.8) is 0 Å². The fourth-order valence-corrected chi connectivity index (χ4v) is 4.79. The number of benzene rings is 1. The average Bonchev–Trinajstić information content (AvgIpc) is 3.36. The molecule has 1 amide bonds. The molecule has 170 valence electrons. The highest BCUT2D eigenvalue weighted by molar-refractivity contribution is 8.26. The van der Waals surface area contributed by atoms with Crippen molar-refractivity contribution in [1.82, 2.24) is 4.90 Å². The molecule has 0 bridgehead atoms. The summed E-state index contributed by atoms with van der Waals surface area (Å²) in [6, 6.07) is 10.7. The first-order valence-corrected chi connectivity index (χ1v) is 12.3. The number of unbranched alkanes of at least 4 members (excludes halogenated alkanes) is 1. The molecule has 0 spiro atoms. The zero-order chi connectivity index (χ0) is 23.1. The SMILES string of the molecule is CCCCC(CC)CN1C(=O)/C(=C/c2ccc(-c3ccc(C(=O)OCC)cc3)o2)SC1=S. The summed E-state index contributed by atoms with van der Waals surface area (Å²) in [4.78, 5) is 27.1. The van der Waals surface area contributed by atoms with Crippen LogP contribution in [-0.4, -0.2) is 34.2 Å². The molecule has 1 saturated heterocycles. The Morgan fingerprint density at radius 1 is 1.19 bits per heavy atom. The topological polar surface area (TPSA) is 59.8 Å². The van der Waals surface area contributed by atoms with Crippen LogP contribution >= 0.6 is 24.0 Å². The standard InChI is InChI=1S/C25H29NO4S2/c1-4-7-8-17(5-2)16-26-23(27)22(32-25(26)31)15-20-13-14-21(30-20)18-9-11-19(12-10-18)24(28)29-6-3/h9-15,17H,4-8,16H2,1-3H3/b22-15-. The number of furan rings is 1. The Morgan fingerprint density at radius 3 is 2.59 bits per heavy atom. The van der Waals surface area contributed by atoms with Gasteiger partial charge in [0.1, 0.15) is 15.8 Å². The summed E-state index contributed by atoms with van der Waals surface area (Å²) >= 11 is 6.81. The smallest absolute Gasteiger partial charge is 0.338 e. The van der Waals surface area contributed by atoms with Gasteiger partial charge in [-0.25, -0.2) is 4.79 Å². The first-order chi connectivity index (χ1) is 15.5. The van der Waals surface area contributed by atoms with Crippen LogP contribution in [0.4, 0.5) is 0 Å². The number of hydrogen-bond donors (Lipinski definition) is 0. The van der Waals surface area contributed by atoms with Crippen LogP contribution < -0.4 is 0 Å². The molecule has 32 heavy (non-hydrogen) atoms. The molecule has 2 aromatic rings. The average molecular weight is 472 g/mol. The summed E-state index contributed by atoms with van der Waals surface area (Å²) in [5, 5.41) is 0. The minimum atomic E-state index is -0.346. The molecule has 7 heteroatoms. The summed E-state index contributed by atoms with van der Waals surface area (Å²) in [5.41, 5.74) is 1.34. The van der Waals surface area contributed by atoms with Crippen molar-refractivity contribution in [1.29, 1.82) is 0 Å². The molecule has 1 aromatic carbocycles. The lowest BCUT2D eigenvalue weighted by Gasteiger charge is -2.21. The summed E-state index contributed by atoms with van der Waals surface area (Å²) < 4.78 is 11.6. The van der Waals surface area contributed by atoms with Gasteiger partial charge in [-0.3, -0.25) is 9.69 Å². The number of esters is 1. The van der Waals surface area contributed by atoms with Crippen molar-refractivity contribution in [2.24, 2.45) is 5.92 Å². The Balaban J connectivity index is 1.70. The Labute approximate surface area is 199 Å². The zero-order valence-electron chi connectivity index (χ0n) is 18.8. The Kier molecular flexibility index (Phi) is 8.70. The number of nitrogens with zero attached hydrogens (tertiary/aromatic N) is 1. The van der Waals surface area contributed by atoms with E-state index >= 15 is 0 Å². The minimum Gasteiger partial charge on any atom is -0.462 e. The van der Waals surface area contributed by atoms with Gasteiger partial charge in [-0.15, -0.1) is 0 Å². The van der Waals surface area contributed by atoms with E-state index in [0.717, 1.165) is 24.8 Å². The third kappa shape index (κ3) is 5.90. The van der Waals surface area contributed by atoms with E-state index in [4.69, 9.17) is 21.4 Å². The van der Waals surface area contributed by atoms with E-state index in [-0.39, 0.29) is 11.9 Å². The van der Waals surface area contributed by atoms with Crippen molar-refractivity contribution in [3.05, 3.63) is 52.6 Å². The highest BCUT2D eigenvalue weighted by Gasteiger charge is 2.33. The van der Waals surface area contributed by atoms with Crippen molar-refractivity contribution in [2.45, 2.75) is 46.5 Å². The number of carbonyl (C=O) groups excluding carboxylic acids is 2. The molecule has 0 aliphatic carbocycles. The molecular formula is C25H29NO4S2. The van der Waals surface area contributed by atoms with Gasteiger partial charge in [0.15, 0.2) is 0 Å². The lowest BCUT2D eigenvalue weighted by molar-refractivity contribution is -0.122. The molecule has 0 radical (unpaired) electrons. The number of thioether (sulfide) groups is 1. The van der Waals surface area contributed by atoms with E-state index < -0.39 is 0 Å². The van der Waals surface area contributed by atoms with Gasteiger partial charge in [0.05, 0.1) is 17.1 Å². The summed E-state index contributed by atoms with van der Waals surface area (Å²) in [5.74, 6) is 1.32. The van der Waals surface area contributed by atoms with E-state index in [1.54, 1.807) is 30.0 Å². The molecule has 1 aliphatic heterocycles. The number of thiocarbonyl (C=S) groups is 1. The van der Waals surface area contributed by atoms with Crippen molar-refractivity contribution in [2.75, 3.05) is 13.2 Å². The van der Waals surface area contributed by atoms with E-state index in [1.165, 1.54) is 18.2 Å². The van der Waals surface area contributed by atoms with Gasteiger partial charge >= 0.3 is 5.97 Å². The number of amides is 1. The van der Waals surface area contributed by atoms with Gasteiger partial charge in [0, 0.05) is 18.2 Å². The van der Waals surface area contributed by atoms with E-state index in [1.807, 2.05) is 24.3 Å². The summed E-state index contributed by atoms with van der Waals surface area (Å²) in [6.07, 6.45) is 6.22. The third-order valence-corrected chi connectivity index (χ3v) is 6.82. The maximum atomic E-state index is 12.9. The largest absolute Gasteiger partial charge is 0.462 e. The molecule has 2 heterocycles. The van der Waals surface area contributed by atoms with Crippen molar-refractivity contribution < 1.29 is 18.7 Å². The molecule has 1 unspecified atom stereocenters. The number of carbonyl (C=O) groups is 2. The van der Waals surface area contributed by atoms with Crippen molar-refractivity contribution >= 4 is 46.3 Å². The molecule has 1 atom stereocenters. The van der Waals surface area contributed by atoms with E-state index in [9.17, 15) is 9.59 Å². The highest BCUT2D eigenvalue weighted by atomic mass is 32.2. The molecule has 1 aromatic heterocycles. The summed E-state index contributed by atoms with van der Waals surface area (Å²) in [7, 11) is 0. The molecule has 5 nitrogen and oxygen atoms in total. The zero-order valence-corrected chi connectivity index (χ0v) is 20.4. The van der Waals surface area contributed by atoms with Gasteiger partial charge in [-0.1, -0.05) is 69.2 Å². The van der Waals surface area contributed by atoms with Gasteiger partial charge < -0.3 is 9.15 Å². The van der Waals surface area contributed by atoms with Crippen LogP contribution in [0.15, 0.2) is 45.7 Å².